The van der Waals surface area contributed by atoms with Gasteiger partial charge in [0.2, 0.25) is 10.0 Å². The molecule has 0 saturated heterocycles. The van der Waals surface area contributed by atoms with Crippen LogP contribution in [0, 0.1) is 5.92 Å². The van der Waals surface area contributed by atoms with E-state index in [-0.39, 0.29) is 27.7 Å². The van der Waals surface area contributed by atoms with Gasteiger partial charge in [-0.1, -0.05) is 25.4 Å². The van der Waals surface area contributed by atoms with Gasteiger partial charge in [0.1, 0.15) is 4.90 Å². The maximum Gasteiger partial charge on any atom is 0.242 e. The number of hydrazine groups is 1. The number of anilines is 1. The fourth-order valence-corrected chi connectivity index (χ4v) is 3.35. The van der Waals surface area contributed by atoms with E-state index in [9.17, 15) is 8.42 Å². The number of nitrogens with two attached hydrogens (primary N) is 1. The number of aromatic nitrogens is 1. The summed E-state index contributed by atoms with van der Waals surface area (Å²) < 4.78 is 27.5. The van der Waals surface area contributed by atoms with Crippen molar-refractivity contribution in [1.29, 1.82) is 0 Å². The summed E-state index contributed by atoms with van der Waals surface area (Å²) in [5.74, 6) is 5.59. The first kappa shape index (κ1) is 18.1. The van der Waals surface area contributed by atoms with Crippen LogP contribution in [0.4, 0.5) is 5.82 Å². The van der Waals surface area contributed by atoms with Gasteiger partial charge in [-0.25, -0.2) is 24.0 Å². The van der Waals surface area contributed by atoms with Gasteiger partial charge in [0.25, 0.3) is 0 Å². The molecule has 9 heteroatoms. The molecule has 0 saturated carbocycles. The fraction of sp³-hybridized carbons (Fsp3) is 0.583. The number of hydrogen-bond acceptors (Lipinski definition) is 6. The zero-order chi connectivity index (χ0) is 16.2. The molecular weight excluding hydrogens is 314 g/mol. The lowest BCUT2D eigenvalue weighted by Gasteiger charge is -2.25. The SMILES string of the molecule is CC(C)C(CN(C)C)NS(=O)(=O)c1cnc(NN)c(Cl)c1. The molecule has 1 rings (SSSR count). The Bertz CT molecular complexity index is 577. The van der Waals surface area contributed by atoms with Crippen molar-refractivity contribution in [2.24, 2.45) is 11.8 Å². The molecule has 1 atom stereocenters. The molecule has 0 aliphatic heterocycles. The Morgan fingerprint density at radius 2 is 2.05 bits per heavy atom. The number of nitrogens with zero attached hydrogens (tertiary/aromatic N) is 2. The van der Waals surface area contributed by atoms with Crippen LogP contribution in [0.3, 0.4) is 0 Å². The second-order valence-electron chi connectivity index (χ2n) is 5.38. The van der Waals surface area contributed by atoms with Crippen molar-refractivity contribution < 1.29 is 8.42 Å². The van der Waals surface area contributed by atoms with Crippen molar-refractivity contribution in [3.05, 3.63) is 17.3 Å². The Hall–Kier alpha value is -0.930. The topological polar surface area (TPSA) is 100 Å². The molecule has 120 valence electrons. The Balaban J connectivity index is 3.01. The molecule has 7 nitrogen and oxygen atoms in total. The second-order valence-corrected chi connectivity index (χ2v) is 7.50. The first-order valence-corrected chi connectivity index (χ1v) is 8.32. The highest BCUT2D eigenvalue weighted by molar-refractivity contribution is 7.89. The Morgan fingerprint density at radius 3 is 2.48 bits per heavy atom. The average Bonchev–Trinajstić information content (AvgIpc) is 2.36. The van der Waals surface area contributed by atoms with Crippen molar-refractivity contribution in [1.82, 2.24) is 14.6 Å². The second kappa shape index (κ2) is 7.37. The molecule has 1 unspecified atom stereocenters. The molecule has 0 fully saturated rings. The van der Waals surface area contributed by atoms with Crippen LogP contribution in [0.1, 0.15) is 13.8 Å². The van der Waals surface area contributed by atoms with Crippen molar-refractivity contribution >= 4 is 27.4 Å². The number of pyridine rings is 1. The minimum atomic E-state index is -3.69. The zero-order valence-corrected chi connectivity index (χ0v) is 14.2. The molecule has 1 aromatic rings. The average molecular weight is 336 g/mol. The van der Waals surface area contributed by atoms with E-state index in [4.69, 9.17) is 17.4 Å². The lowest BCUT2D eigenvalue weighted by Crippen LogP contribution is -2.44. The van der Waals surface area contributed by atoms with E-state index >= 15 is 0 Å². The lowest BCUT2D eigenvalue weighted by atomic mass is 10.1. The molecule has 0 radical (unpaired) electrons. The molecule has 1 heterocycles. The zero-order valence-electron chi connectivity index (χ0n) is 12.6. The smallest absolute Gasteiger partial charge is 0.242 e. The Kier molecular flexibility index (Phi) is 6.36. The quantitative estimate of drug-likeness (QED) is 0.505. The third-order valence-electron chi connectivity index (χ3n) is 2.94. The summed E-state index contributed by atoms with van der Waals surface area (Å²) in [4.78, 5) is 5.82. The number of hydrogen-bond donors (Lipinski definition) is 3. The molecular formula is C12H22ClN5O2S. The van der Waals surface area contributed by atoms with Crippen molar-refractivity contribution in [2.75, 3.05) is 26.1 Å². The summed E-state index contributed by atoms with van der Waals surface area (Å²) in [5, 5.41) is 0.147. The highest BCUT2D eigenvalue weighted by Gasteiger charge is 2.24. The molecule has 21 heavy (non-hydrogen) atoms. The van der Waals surface area contributed by atoms with Gasteiger partial charge in [-0.15, -0.1) is 0 Å². The minimum Gasteiger partial charge on any atom is -0.308 e. The molecule has 0 aliphatic carbocycles. The number of likely N-dealkylation sites (N-methyl/N-ethyl adjacent to an activating group) is 1. The number of halogens is 1. The van der Waals surface area contributed by atoms with E-state index in [1.807, 2.05) is 32.8 Å². The summed E-state index contributed by atoms with van der Waals surface area (Å²) in [6.07, 6.45) is 1.22. The van der Waals surface area contributed by atoms with Gasteiger partial charge in [-0.2, -0.15) is 0 Å². The van der Waals surface area contributed by atoms with Crippen LogP contribution in [-0.4, -0.2) is 45.0 Å². The Morgan fingerprint density at radius 1 is 1.43 bits per heavy atom. The summed E-state index contributed by atoms with van der Waals surface area (Å²) in [5.41, 5.74) is 2.29. The van der Waals surface area contributed by atoms with E-state index in [1.165, 1.54) is 12.3 Å². The summed E-state index contributed by atoms with van der Waals surface area (Å²) in [6, 6.07) is 1.11. The molecule has 0 aromatic carbocycles. The van der Waals surface area contributed by atoms with Gasteiger partial charge in [0.15, 0.2) is 5.82 Å². The largest absolute Gasteiger partial charge is 0.308 e. The van der Waals surface area contributed by atoms with Gasteiger partial charge in [-0.05, 0) is 26.1 Å². The number of sulfonamides is 1. The molecule has 4 N–H and O–H groups in total. The van der Waals surface area contributed by atoms with Gasteiger partial charge in [0.05, 0.1) is 5.02 Å². The van der Waals surface area contributed by atoms with Crippen molar-refractivity contribution in [2.45, 2.75) is 24.8 Å². The molecule has 0 amide bonds. The van der Waals surface area contributed by atoms with E-state index in [0.29, 0.717) is 6.54 Å². The third kappa shape index (κ3) is 5.08. The highest BCUT2D eigenvalue weighted by atomic mass is 35.5. The van der Waals surface area contributed by atoms with Gasteiger partial charge in [0, 0.05) is 18.8 Å². The summed E-state index contributed by atoms with van der Waals surface area (Å²) in [7, 11) is 0.0955. The highest BCUT2D eigenvalue weighted by Crippen LogP contribution is 2.22. The van der Waals surface area contributed by atoms with E-state index in [1.54, 1.807) is 0 Å². The van der Waals surface area contributed by atoms with Crippen LogP contribution in [-0.2, 0) is 10.0 Å². The normalized spacial score (nSPS) is 13.7. The first-order valence-electron chi connectivity index (χ1n) is 6.46. The molecule has 0 spiro atoms. The monoisotopic (exact) mass is 335 g/mol. The van der Waals surface area contributed by atoms with Gasteiger partial charge < -0.3 is 10.3 Å². The fourth-order valence-electron chi connectivity index (χ4n) is 1.72. The van der Waals surface area contributed by atoms with Crippen LogP contribution in [0.25, 0.3) is 0 Å². The van der Waals surface area contributed by atoms with E-state index < -0.39 is 10.0 Å². The van der Waals surface area contributed by atoms with Gasteiger partial charge >= 0.3 is 0 Å². The number of rotatable bonds is 7. The molecule has 0 aliphatic rings. The minimum absolute atomic E-state index is 0.0101. The number of nitrogen functional groups attached to an aromatic ring is 1. The molecule has 0 bridgehead atoms. The maximum absolute atomic E-state index is 12.4. The van der Waals surface area contributed by atoms with Crippen molar-refractivity contribution in [3.8, 4) is 0 Å². The van der Waals surface area contributed by atoms with Crippen molar-refractivity contribution in [3.63, 3.8) is 0 Å². The predicted octanol–water partition coefficient (Wildman–Crippen LogP) is 0.885. The predicted molar refractivity (Wildman–Crippen MR) is 84.6 cm³/mol. The van der Waals surface area contributed by atoms with E-state index in [2.05, 4.69) is 15.1 Å². The van der Waals surface area contributed by atoms with Crippen LogP contribution in [0.2, 0.25) is 5.02 Å². The van der Waals surface area contributed by atoms with Crippen LogP contribution in [0.15, 0.2) is 17.2 Å². The lowest BCUT2D eigenvalue weighted by molar-refractivity contribution is 0.314. The van der Waals surface area contributed by atoms with Crippen LogP contribution < -0.4 is 16.0 Å². The number of nitrogens with one attached hydrogen (secondary N) is 2. The Labute approximate surface area is 130 Å². The first-order chi connectivity index (χ1) is 9.67. The third-order valence-corrected chi connectivity index (χ3v) is 4.68. The maximum atomic E-state index is 12.4. The van der Waals surface area contributed by atoms with Crippen LogP contribution in [0.5, 0.6) is 0 Å². The summed E-state index contributed by atoms with van der Waals surface area (Å²) in [6.45, 7) is 4.52. The van der Waals surface area contributed by atoms with E-state index in [0.717, 1.165) is 0 Å². The standard InChI is InChI=1S/C12H22ClN5O2S/c1-8(2)11(7-18(3)4)17-21(19,20)9-5-10(13)12(16-14)15-6-9/h5-6,8,11,17H,7,14H2,1-4H3,(H,15,16). The summed E-state index contributed by atoms with van der Waals surface area (Å²) >= 11 is 5.91. The molecule has 1 aromatic heterocycles. The van der Waals surface area contributed by atoms with Gasteiger partial charge in [-0.3, -0.25) is 0 Å². The van der Waals surface area contributed by atoms with Crippen LogP contribution >= 0.6 is 11.6 Å².